The van der Waals surface area contributed by atoms with Crippen molar-refractivity contribution in [2.45, 2.75) is 15.1 Å². The first-order valence-corrected chi connectivity index (χ1v) is 6.37. The average molecular weight is 259 g/mol. The van der Waals surface area contributed by atoms with Gasteiger partial charge in [-0.2, -0.15) is 0 Å². The Morgan fingerprint density at radius 1 is 1.47 bits per heavy atom. The maximum absolute atomic E-state index is 10.4. The molecule has 0 unspecified atom stereocenters. The van der Waals surface area contributed by atoms with Gasteiger partial charge in [0.25, 0.3) is 0 Å². The molecule has 0 aliphatic heterocycles. The Morgan fingerprint density at radius 3 is 3.00 bits per heavy atom. The molecule has 0 fully saturated rings. The van der Waals surface area contributed by atoms with Gasteiger partial charge in [0.2, 0.25) is 0 Å². The minimum absolute atomic E-state index is 0.0733. The van der Waals surface area contributed by atoms with Gasteiger partial charge >= 0.3 is 5.97 Å². The quantitative estimate of drug-likeness (QED) is 0.901. The summed E-state index contributed by atoms with van der Waals surface area (Å²) in [6.45, 7) is 0. The number of nitrogens with zero attached hydrogens (tertiary/aromatic N) is 3. The van der Waals surface area contributed by atoms with E-state index < -0.39 is 5.97 Å². The summed E-state index contributed by atoms with van der Waals surface area (Å²) in [5.74, 6) is -0.892. The lowest BCUT2D eigenvalue weighted by Gasteiger charge is -1.86. The molecule has 0 bridgehead atoms. The van der Waals surface area contributed by atoms with Crippen LogP contribution in [0.1, 0.15) is 5.01 Å². The van der Waals surface area contributed by atoms with Crippen LogP contribution in [0.15, 0.2) is 20.3 Å². The molecule has 8 heteroatoms. The third kappa shape index (κ3) is 2.98. The van der Waals surface area contributed by atoms with Gasteiger partial charge in [-0.05, 0) is 11.8 Å². The Morgan fingerprint density at radius 2 is 2.33 bits per heavy atom. The van der Waals surface area contributed by atoms with Crippen LogP contribution in [0, 0.1) is 0 Å². The maximum Gasteiger partial charge on any atom is 0.310 e. The highest BCUT2D eigenvalue weighted by atomic mass is 32.2. The van der Waals surface area contributed by atoms with Gasteiger partial charge < -0.3 is 5.11 Å². The lowest BCUT2D eigenvalue weighted by atomic mass is 10.5. The van der Waals surface area contributed by atoms with E-state index in [0.717, 1.165) is 8.68 Å². The normalized spacial score (nSPS) is 10.4. The molecule has 1 N–H and O–H groups in total. The van der Waals surface area contributed by atoms with Crippen LogP contribution in [0.5, 0.6) is 0 Å². The molecule has 0 atom stereocenters. The first-order valence-electron chi connectivity index (χ1n) is 3.85. The number of aliphatic carboxylic acids is 1. The first-order chi connectivity index (χ1) is 7.24. The van der Waals surface area contributed by atoms with Crippen molar-refractivity contribution in [3.8, 4) is 0 Å². The Balaban J connectivity index is 2.04. The third-order valence-corrected chi connectivity index (χ3v) is 4.19. The number of carbonyl (C=O) groups is 1. The van der Waals surface area contributed by atoms with Crippen molar-refractivity contribution >= 4 is 40.4 Å². The molecule has 2 aromatic heterocycles. The lowest BCUT2D eigenvalue weighted by molar-refractivity contribution is -0.136. The predicted octanol–water partition coefficient (Wildman–Crippen LogP) is 1.77. The molecule has 0 amide bonds. The molecule has 0 aliphatic rings. The van der Waals surface area contributed by atoms with Gasteiger partial charge in [-0.15, -0.1) is 21.5 Å². The molecule has 5 nitrogen and oxygen atoms in total. The van der Waals surface area contributed by atoms with Gasteiger partial charge in [0.1, 0.15) is 5.01 Å². The van der Waals surface area contributed by atoms with E-state index in [4.69, 9.17) is 5.11 Å². The minimum Gasteiger partial charge on any atom is -0.481 e. The number of hydrogen-bond donors (Lipinski definition) is 1. The van der Waals surface area contributed by atoms with Crippen LogP contribution in [0.3, 0.4) is 0 Å². The third-order valence-electron chi connectivity index (χ3n) is 1.34. The first kappa shape index (κ1) is 10.5. The van der Waals surface area contributed by atoms with E-state index in [-0.39, 0.29) is 6.42 Å². The second-order valence-electron chi connectivity index (χ2n) is 2.43. The van der Waals surface area contributed by atoms with E-state index in [0.29, 0.717) is 5.01 Å². The molecule has 0 radical (unpaired) electrons. The number of thiazole rings is 1. The molecule has 0 saturated heterocycles. The van der Waals surface area contributed by atoms with Crippen LogP contribution in [-0.4, -0.2) is 26.3 Å². The molecule has 15 heavy (non-hydrogen) atoms. The Labute approximate surface area is 97.2 Å². The summed E-state index contributed by atoms with van der Waals surface area (Å²) < 4.78 is 1.61. The fraction of sp³-hybridized carbons (Fsp3) is 0.143. The number of carboxylic acids is 1. The highest BCUT2D eigenvalue weighted by Crippen LogP contribution is 2.31. The molecule has 78 valence electrons. The van der Waals surface area contributed by atoms with E-state index in [1.807, 2.05) is 5.38 Å². The molecular formula is C7H5N3O2S3. The zero-order chi connectivity index (χ0) is 10.7. The molecule has 2 aromatic rings. The molecule has 0 saturated carbocycles. The SMILES string of the molecule is O=C(O)Cc1nnc(Sc2nccs2)s1. The summed E-state index contributed by atoms with van der Waals surface area (Å²) in [6, 6.07) is 0. The molecular weight excluding hydrogens is 254 g/mol. The molecule has 0 aromatic carbocycles. The summed E-state index contributed by atoms with van der Waals surface area (Å²) in [5, 5.41) is 18.6. The number of aromatic nitrogens is 3. The highest BCUT2D eigenvalue weighted by molar-refractivity contribution is 8.02. The van der Waals surface area contributed by atoms with Crippen LogP contribution in [0.25, 0.3) is 0 Å². The van der Waals surface area contributed by atoms with Crippen LogP contribution in [-0.2, 0) is 11.2 Å². The topological polar surface area (TPSA) is 76.0 Å². The number of carboxylic acid groups (broad SMARTS) is 1. The standard InChI is InChI=1S/C7H5N3O2S3/c11-5(12)3-4-9-10-7(14-4)15-6-8-1-2-13-6/h1-2H,3H2,(H,11,12). The van der Waals surface area contributed by atoms with E-state index >= 15 is 0 Å². The van der Waals surface area contributed by atoms with Crippen molar-refractivity contribution in [1.29, 1.82) is 0 Å². The zero-order valence-electron chi connectivity index (χ0n) is 7.28. The number of hydrogen-bond acceptors (Lipinski definition) is 7. The van der Waals surface area contributed by atoms with Crippen molar-refractivity contribution in [2.24, 2.45) is 0 Å². The smallest absolute Gasteiger partial charge is 0.310 e. The van der Waals surface area contributed by atoms with E-state index in [9.17, 15) is 4.79 Å². The van der Waals surface area contributed by atoms with Crippen LogP contribution in [0.2, 0.25) is 0 Å². The summed E-state index contributed by atoms with van der Waals surface area (Å²) in [6.07, 6.45) is 1.64. The Bertz CT molecular complexity index is 454. The van der Waals surface area contributed by atoms with Crippen molar-refractivity contribution < 1.29 is 9.90 Å². The van der Waals surface area contributed by atoms with Crippen LogP contribution >= 0.6 is 34.4 Å². The average Bonchev–Trinajstić information content (AvgIpc) is 2.77. The van der Waals surface area contributed by atoms with Gasteiger partial charge in [0.05, 0.1) is 6.42 Å². The second kappa shape index (κ2) is 4.69. The summed E-state index contributed by atoms with van der Waals surface area (Å²) >= 11 is 4.20. The summed E-state index contributed by atoms with van der Waals surface area (Å²) in [7, 11) is 0. The van der Waals surface area contributed by atoms with Crippen molar-refractivity contribution in [3.05, 3.63) is 16.6 Å². The Hall–Kier alpha value is -0.990. The van der Waals surface area contributed by atoms with Gasteiger partial charge in [-0.25, -0.2) is 4.98 Å². The van der Waals surface area contributed by atoms with Crippen LogP contribution in [0.4, 0.5) is 0 Å². The van der Waals surface area contributed by atoms with Gasteiger partial charge in [-0.3, -0.25) is 4.79 Å². The maximum atomic E-state index is 10.4. The molecule has 2 heterocycles. The lowest BCUT2D eigenvalue weighted by Crippen LogP contribution is -1.98. The fourth-order valence-electron chi connectivity index (χ4n) is 0.816. The van der Waals surface area contributed by atoms with E-state index in [1.165, 1.54) is 34.4 Å². The Kier molecular flexibility index (Phi) is 3.29. The summed E-state index contributed by atoms with van der Waals surface area (Å²) in [5.41, 5.74) is 0. The summed E-state index contributed by atoms with van der Waals surface area (Å²) in [4.78, 5) is 14.5. The van der Waals surface area contributed by atoms with Crippen molar-refractivity contribution in [2.75, 3.05) is 0 Å². The number of rotatable bonds is 4. The van der Waals surface area contributed by atoms with Crippen LogP contribution < -0.4 is 0 Å². The molecule has 0 spiro atoms. The van der Waals surface area contributed by atoms with E-state index in [1.54, 1.807) is 6.20 Å². The molecule has 0 aliphatic carbocycles. The highest BCUT2D eigenvalue weighted by Gasteiger charge is 2.09. The predicted molar refractivity (Wildman–Crippen MR) is 57.5 cm³/mol. The minimum atomic E-state index is -0.892. The van der Waals surface area contributed by atoms with Gasteiger partial charge in [0, 0.05) is 11.6 Å². The van der Waals surface area contributed by atoms with Crippen molar-refractivity contribution in [1.82, 2.24) is 15.2 Å². The van der Waals surface area contributed by atoms with Gasteiger partial charge in [-0.1, -0.05) is 11.3 Å². The monoisotopic (exact) mass is 259 g/mol. The second-order valence-corrected chi connectivity index (χ2v) is 5.88. The van der Waals surface area contributed by atoms with Gasteiger partial charge in [0.15, 0.2) is 8.68 Å². The molecule has 2 rings (SSSR count). The largest absolute Gasteiger partial charge is 0.481 e. The fourth-order valence-corrected chi connectivity index (χ4v) is 3.53. The zero-order valence-corrected chi connectivity index (χ0v) is 9.73. The van der Waals surface area contributed by atoms with Crippen molar-refractivity contribution in [3.63, 3.8) is 0 Å². The van der Waals surface area contributed by atoms with E-state index in [2.05, 4.69) is 15.2 Å².